The van der Waals surface area contributed by atoms with E-state index in [9.17, 15) is 4.79 Å². The van der Waals surface area contributed by atoms with Crippen LogP contribution in [0.3, 0.4) is 0 Å². The number of unbranched alkanes of at least 4 members (excludes halogenated alkanes) is 8. The Morgan fingerprint density at radius 2 is 1.45 bits per heavy atom. The van der Waals surface area contributed by atoms with Crippen LogP contribution in [0.5, 0.6) is 0 Å². The number of ether oxygens (including phenoxy) is 1. The van der Waals surface area contributed by atoms with E-state index in [1.54, 1.807) is 0 Å². The first-order valence-electron chi connectivity index (χ1n) is 12.5. The van der Waals surface area contributed by atoms with E-state index in [2.05, 4.69) is 45.3 Å². The Hall–Kier alpha value is -0.610. The van der Waals surface area contributed by atoms with Crippen LogP contribution in [0.2, 0.25) is 0 Å². The van der Waals surface area contributed by atoms with Crippen molar-refractivity contribution in [2.24, 2.45) is 0 Å². The molecule has 2 rings (SSSR count). The molecule has 2 aliphatic heterocycles. The van der Waals surface area contributed by atoms with E-state index < -0.39 is 5.60 Å². The topological polar surface area (TPSA) is 50.4 Å². The average molecular weight is 409 g/mol. The standard InChI is InChI=1S/C25H48N2O2/c1-6-7-8-9-10-11-12-13-14-17-21-26-22(28)25(29-21)19-16-15-18-23(2,3)27-24(4,5)20-25/h21,27H,6-20H2,1-5H3,(H,26,28). The van der Waals surface area contributed by atoms with Crippen molar-refractivity contribution < 1.29 is 9.53 Å². The maximum atomic E-state index is 13.0. The van der Waals surface area contributed by atoms with Crippen LogP contribution in [0, 0.1) is 0 Å². The molecule has 2 fully saturated rings. The maximum Gasteiger partial charge on any atom is 0.254 e. The van der Waals surface area contributed by atoms with Crippen LogP contribution in [0.15, 0.2) is 0 Å². The highest BCUT2D eigenvalue weighted by atomic mass is 16.5. The molecule has 0 aliphatic carbocycles. The number of hydrogen-bond acceptors (Lipinski definition) is 3. The van der Waals surface area contributed by atoms with Gasteiger partial charge in [0.25, 0.3) is 5.91 Å². The number of hydrogen-bond donors (Lipinski definition) is 2. The van der Waals surface area contributed by atoms with Gasteiger partial charge in [0.15, 0.2) is 5.60 Å². The van der Waals surface area contributed by atoms with E-state index in [0.29, 0.717) is 0 Å². The summed E-state index contributed by atoms with van der Waals surface area (Å²) in [6.07, 6.45) is 17.7. The molecule has 29 heavy (non-hydrogen) atoms. The van der Waals surface area contributed by atoms with Crippen LogP contribution in [-0.4, -0.2) is 28.8 Å². The van der Waals surface area contributed by atoms with Gasteiger partial charge < -0.3 is 15.4 Å². The summed E-state index contributed by atoms with van der Waals surface area (Å²) in [6.45, 7) is 11.2. The summed E-state index contributed by atoms with van der Waals surface area (Å²) in [5, 5.41) is 6.96. The highest BCUT2D eigenvalue weighted by Crippen LogP contribution is 2.38. The van der Waals surface area contributed by atoms with E-state index in [-0.39, 0.29) is 23.2 Å². The summed E-state index contributed by atoms with van der Waals surface area (Å²) >= 11 is 0. The molecule has 1 amide bonds. The van der Waals surface area contributed by atoms with Crippen molar-refractivity contribution in [3.05, 3.63) is 0 Å². The lowest BCUT2D eigenvalue weighted by Gasteiger charge is -2.40. The van der Waals surface area contributed by atoms with E-state index in [1.807, 2.05) is 0 Å². The van der Waals surface area contributed by atoms with Gasteiger partial charge in [0, 0.05) is 17.5 Å². The molecule has 2 heterocycles. The van der Waals surface area contributed by atoms with Crippen LogP contribution >= 0.6 is 0 Å². The summed E-state index contributed by atoms with van der Waals surface area (Å²) < 4.78 is 6.47. The summed E-state index contributed by atoms with van der Waals surface area (Å²) in [4.78, 5) is 13.0. The molecule has 2 atom stereocenters. The van der Waals surface area contributed by atoms with E-state index in [0.717, 1.165) is 44.9 Å². The second kappa shape index (κ2) is 11.1. The molecule has 4 nitrogen and oxygen atoms in total. The van der Waals surface area contributed by atoms with Crippen molar-refractivity contribution in [2.45, 2.75) is 154 Å². The summed E-state index contributed by atoms with van der Waals surface area (Å²) in [5.41, 5.74) is -0.682. The minimum absolute atomic E-state index is 0.0973. The van der Waals surface area contributed by atoms with Gasteiger partial charge in [-0.1, -0.05) is 64.7 Å². The van der Waals surface area contributed by atoms with Crippen LogP contribution < -0.4 is 10.6 Å². The van der Waals surface area contributed by atoms with E-state index in [1.165, 1.54) is 51.4 Å². The zero-order valence-corrected chi connectivity index (χ0v) is 20.0. The van der Waals surface area contributed by atoms with Crippen LogP contribution in [-0.2, 0) is 9.53 Å². The fourth-order valence-corrected chi connectivity index (χ4v) is 5.50. The maximum absolute atomic E-state index is 13.0. The molecule has 1 spiro atoms. The third kappa shape index (κ3) is 8.20. The third-order valence-electron chi connectivity index (χ3n) is 6.68. The molecular weight excluding hydrogens is 360 g/mol. The van der Waals surface area contributed by atoms with Gasteiger partial charge in [-0.05, 0) is 59.8 Å². The summed E-state index contributed by atoms with van der Waals surface area (Å²) in [7, 11) is 0. The number of carbonyl (C=O) groups is 1. The van der Waals surface area contributed by atoms with Gasteiger partial charge in [0.2, 0.25) is 0 Å². The van der Waals surface area contributed by atoms with Crippen molar-refractivity contribution in [3.63, 3.8) is 0 Å². The van der Waals surface area contributed by atoms with Crippen molar-refractivity contribution >= 4 is 5.91 Å². The lowest BCUT2D eigenvalue weighted by Crippen LogP contribution is -2.56. The smallest absolute Gasteiger partial charge is 0.254 e. The van der Waals surface area contributed by atoms with Gasteiger partial charge in [-0.15, -0.1) is 0 Å². The first kappa shape index (κ1) is 24.7. The van der Waals surface area contributed by atoms with Gasteiger partial charge in [-0.3, -0.25) is 4.79 Å². The largest absolute Gasteiger partial charge is 0.342 e. The van der Waals surface area contributed by atoms with Crippen LogP contribution in [0.1, 0.15) is 131 Å². The van der Waals surface area contributed by atoms with Crippen molar-refractivity contribution in [2.75, 3.05) is 0 Å². The predicted molar refractivity (Wildman–Crippen MR) is 122 cm³/mol. The molecule has 170 valence electrons. The normalized spacial score (nSPS) is 29.3. The van der Waals surface area contributed by atoms with E-state index in [4.69, 9.17) is 4.74 Å². The average Bonchev–Trinajstić information content (AvgIpc) is 2.92. The molecule has 0 aromatic rings. The molecule has 0 aromatic carbocycles. The number of amides is 1. The number of rotatable bonds is 10. The molecule has 0 aromatic heterocycles. The fraction of sp³-hybridized carbons (Fsp3) is 0.960. The molecule has 0 radical (unpaired) electrons. The van der Waals surface area contributed by atoms with Gasteiger partial charge in [-0.2, -0.15) is 0 Å². The molecule has 4 heteroatoms. The Bertz CT molecular complexity index is 503. The van der Waals surface area contributed by atoms with Crippen LogP contribution in [0.25, 0.3) is 0 Å². The minimum Gasteiger partial charge on any atom is -0.342 e. The van der Waals surface area contributed by atoms with Crippen LogP contribution in [0.4, 0.5) is 0 Å². The minimum atomic E-state index is -0.652. The van der Waals surface area contributed by atoms with Gasteiger partial charge >= 0.3 is 0 Å². The molecular formula is C25H48N2O2. The molecule has 0 bridgehead atoms. The number of carbonyl (C=O) groups excluding carboxylic acids is 1. The molecule has 0 saturated carbocycles. The molecule has 2 unspecified atom stereocenters. The zero-order chi connectivity index (χ0) is 21.4. The quantitative estimate of drug-likeness (QED) is 0.421. The highest BCUT2D eigenvalue weighted by molar-refractivity contribution is 5.87. The zero-order valence-electron chi connectivity index (χ0n) is 20.0. The highest BCUT2D eigenvalue weighted by Gasteiger charge is 2.51. The Kier molecular flexibility index (Phi) is 9.47. The lowest BCUT2D eigenvalue weighted by atomic mass is 9.83. The number of nitrogens with one attached hydrogen (secondary N) is 2. The second-order valence-corrected chi connectivity index (χ2v) is 11.0. The predicted octanol–water partition coefficient (Wildman–Crippen LogP) is 6.23. The van der Waals surface area contributed by atoms with Crippen molar-refractivity contribution in [1.82, 2.24) is 10.6 Å². The Labute approximate surface area is 180 Å². The monoisotopic (exact) mass is 408 g/mol. The lowest BCUT2D eigenvalue weighted by molar-refractivity contribution is -0.138. The van der Waals surface area contributed by atoms with E-state index >= 15 is 0 Å². The second-order valence-electron chi connectivity index (χ2n) is 11.0. The van der Waals surface area contributed by atoms with Gasteiger partial charge in [0.1, 0.15) is 6.23 Å². The third-order valence-corrected chi connectivity index (χ3v) is 6.68. The van der Waals surface area contributed by atoms with Crippen molar-refractivity contribution in [3.8, 4) is 0 Å². The SMILES string of the molecule is CCCCCCCCCCCC1NC(=O)C2(CCCCC(C)(C)NC(C)(C)C2)O1. The van der Waals surface area contributed by atoms with Gasteiger partial charge in [-0.25, -0.2) is 0 Å². The van der Waals surface area contributed by atoms with Crippen molar-refractivity contribution in [1.29, 1.82) is 0 Å². The fourth-order valence-electron chi connectivity index (χ4n) is 5.50. The molecule has 2 saturated heterocycles. The summed E-state index contributed by atoms with van der Waals surface area (Å²) in [5.74, 6) is 0.119. The Morgan fingerprint density at radius 3 is 2.10 bits per heavy atom. The Morgan fingerprint density at radius 1 is 0.862 bits per heavy atom. The molecule has 2 N–H and O–H groups in total. The molecule has 2 aliphatic rings. The first-order chi connectivity index (χ1) is 13.7. The van der Waals surface area contributed by atoms with Gasteiger partial charge in [0.05, 0.1) is 0 Å². The summed E-state index contributed by atoms with van der Waals surface area (Å²) in [6, 6.07) is 0. The first-order valence-corrected chi connectivity index (χ1v) is 12.5. The Balaban J connectivity index is 1.77.